The number of amides is 1. The number of imidazole rings is 1. The summed E-state index contributed by atoms with van der Waals surface area (Å²) in [6, 6.07) is 18.5. The zero-order valence-corrected chi connectivity index (χ0v) is 17.4. The van der Waals surface area contributed by atoms with Crippen LogP contribution in [-0.4, -0.2) is 30.1 Å². The summed E-state index contributed by atoms with van der Waals surface area (Å²) in [7, 11) is 0. The smallest absolute Gasteiger partial charge is 0.341 e. The number of aromatic nitrogens is 5. The quantitative estimate of drug-likeness (QED) is 0.386. The fraction of sp³-hybridized carbons (Fsp3) is 0.0435. The first kappa shape index (κ1) is 21.2. The van der Waals surface area contributed by atoms with E-state index in [2.05, 4.69) is 25.8 Å². The second-order valence-electron chi connectivity index (χ2n) is 7.34. The number of carbonyl (C=O) groups is 1. The van der Waals surface area contributed by atoms with E-state index in [4.69, 9.17) is 0 Å². The first-order valence-corrected chi connectivity index (χ1v) is 10.1. The van der Waals surface area contributed by atoms with Crippen LogP contribution < -0.4 is 10.6 Å². The van der Waals surface area contributed by atoms with Crippen molar-refractivity contribution in [1.29, 1.82) is 0 Å². The van der Waals surface area contributed by atoms with Crippen LogP contribution in [0.4, 0.5) is 30.4 Å². The minimum atomic E-state index is -4.53. The molecule has 0 fully saturated rings. The van der Waals surface area contributed by atoms with E-state index >= 15 is 0 Å². The molecule has 11 heteroatoms. The predicted octanol–water partition coefficient (Wildman–Crippen LogP) is 4.93. The van der Waals surface area contributed by atoms with Gasteiger partial charge < -0.3 is 10.6 Å². The second-order valence-corrected chi connectivity index (χ2v) is 7.34. The number of benzene rings is 2. The molecular formula is C23H16F3N7O. The Labute approximate surface area is 190 Å². The Morgan fingerprint density at radius 1 is 0.853 bits per heavy atom. The Kier molecular flexibility index (Phi) is 5.21. The maximum Gasteiger partial charge on any atom is 0.434 e. The Morgan fingerprint density at radius 2 is 1.53 bits per heavy atom. The lowest BCUT2D eigenvalue weighted by Crippen LogP contribution is -2.11. The van der Waals surface area contributed by atoms with E-state index in [-0.39, 0.29) is 11.6 Å². The molecule has 5 aromatic rings. The van der Waals surface area contributed by atoms with Crippen molar-refractivity contribution in [2.75, 3.05) is 10.6 Å². The highest BCUT2D eigenvalue weighted by Crippen LogP contribution is 2.30. The normalized spacial score (nSPS) is 11.5. The summed E-state index contributed by atoms with van der Waals surface area (Å²) in [5.74, 6) is 0.143. The molecule has 0 aliphatic heterocycles. The van der Waals surface area contributed by atoms with Crippen LogP contribution in [-0.2, 0) is 6.18 Å². The summed E-state index contributed by atoms with van der Waals surface area (Å²) in [5.41, 5.74) is 1.72. The highest BCUT2D eigenvalue weighted by molar-refractivity contribution is 6.04. The van der Waals surface area contributed by atoms with Crippen molar-refractivity contribution >= 4 is 28.7 Å². The molecule has 8 nitrogen and oxygen atoms in total. The summed E-state index contributed by atoms with van der Waals surface area (Å²) in [6.07, 6.45) is -0.457. The van der Waals surface area contributed by atoms with Crippen molar-refractivity contribution < 1.29 is 18.0 Å². The predicted molar refractivity (Wildman–Crippen MR) is 119 cm³/mol. The van der Waals surface area contributed by atoms with Gasteiger partial charge in [-0.1, -0.05) is 6.07 Å². The van der Waals surface area contributed by atoms with Crippen LogP contribution in [0.1, 0.15) is 16.1 Å². The highest BCUT2D eigenvalue weighted by atomic mass is 19.4. The Bertz CT molecular complexity index is 1440. The van der Waals surface area contributed by atoms with Gasteiger partial charge in [-0.25, -0.2) is 4.98 Å². The third-order valence-corrected chi connectivity index (χ3v) is 5.04. The number of hydrogen-bond acceptors (Lipinski definition) is 5. The van der Waals surface area contributed by atoms with Crippen molar-refractivity contribution in [3.63, 3.8) is 0 Å². The molecule has 0 spiro atoms. The molecule has 0 radical (unpaired) electrons. The number of carbonyl (C=O) groups excluding carboxylic acids is 1. The molecule has 0 unspecified atom stereocenters. The Morgan fingerprint density at radius 3 is 2.21 bits per heavy atom. The first-order valence-electron chi connectivity index (χ1n) is 10.1. The minimum Gasteiger partial charge on any atom is -0.341 e. The van der Waals surface area contributed by atoms with Crippen LogP contribution in [0.15, 0.2) is 85.6 Å². The van der Waals surface area contributed by atoms with Gasteiger partial charge >= 0.3 is 6.18 Å². The van der Waals surface area contributed by atoms with Crippen LogP contribution in [0, 0.1) is 0 Å². The van der Waals surface area contributed by atoms with E-state index in [1.807, 2.05) is 0 Å². The van der Waals surface area contributed by atoms with Gasteiger partial charge in [0.2, 0.25) is 0 Å². The zero-order valence-electron chi connectivity index (χ0n) is 17.4. The topological polar surface area (TPSA) is 89.1 Å². The monoisotopic (exact) mass is 463 g/mol. The van der Waals surface area contributed by atoms with Gasteiger partial charge in [-0.3, -0.25) is 13.8 Å². The maximum absolute atomic E-state index is 13.0. The third-order valence-electron chi connectivity index (χ3n) is 5.04. The molecule has 3 aromatic heterocycles. The summed E-state index contributed by atoms with van der Waals surface area (Å²) in [4.78, 5) is 16.2. The van der Waals surface area contributed by atoms with Gasteiger partial charge in [-0.15, -0.1) is 10.2 Å². The number of hydrogen-bond donors (Lipinski definition) is 2. The molecule has 170 valence electrons. The van der Waals surface area contributed by atoms with Gasteiger partial charge in [-0.2, -0.15) is 13.2 Å². The number of anilines is 3. The lowest BCUT2D eigenvalue weighted by molar-refractivity contribution is -0.140. The summed E-state index contributed by atoms with van der Waals surface area (Å²) in [6.45, 7) is 0. The van der Waals surface area contributed by atoms with Gasteiger partial charge in [0, 0.05) is 28.8 Å². The van der Waals surface area contributed by atoms with E-state index in [0.29, 0.717) is 22.8 Å². The number of pyridine rings is 1. The van der Waals surface area contributed by atoms with Crippen LogP contribution in [0.2, 0.25) is 0 Å². The number of rotatable bonds is 5. The van der Waals surface area contributed by atoms with Crippen molar-refractivity contribution in [3.8, 4) is 5.69 Å². The average molecular weight is 463 g/mol. The molecule has 5 rings (SSSR count). The van der Waals surface area contributed by atoms with Gasteiger partial charge in [0.1, 0.15) is 24.1 Å². The lowest BCUT2D eigenvalue weighted by Gasteiger charge is -2.10. The molecule has 1 amide bonds. The van der Waals surface area contributed by atoms with E-state index in [1.165, 1.54) is 10.5 Å². The van der Waals surface area contributed by atoms with Crippen molar-refractivity contribution in [2.45, 2.75) is 6.18 Å². The largest absolute Gasteiger partial charge is 0.434 e. The van der Waals surface area contributed by atoms with Crippen LogP contribution >= 0.6 is 0 Å². The SMILES string of the molecule is O=C(Nc1ccc(Nc2cccc3nc(C(F)(F)F)cn23)cc1)c1ccc(-n2cnnc2)cc1. The van der Waals surface area contributed by atoms with E-state index < -0.39 is 11.9 Å². The molecule has 0 aliphatic carbocycles. The standard InChI is InChI=1S/C23H16F3N7O/c24-23(25,26)19-12-33-20(2-1-3-21(33)31-19)29-16-6-8-17(9-7-16)30-22(34)15-4-10-18(11-5-15)32-13-27-28-14-32/h1-14,29H,(H,30,34). The number of alkyl halides is 3. The Hall–Kier alpha value is -4.67. The molecule has 0 bridgehead atoms. The molecule has 0 atom stereocenters. The van der Waals surface area contributed by atoms with Gasteiger partial charge in [0.05, 0.1) is 0 Å². The van der Waals surface area contributed by atoms with Gasteiger partial charge in [0.25, 0.3) is 5.91 Å². The number of nitrogens with zero attached hydrogens (tertiary/aromatic N) is 5. The average Bonchev–Trinajstić information content (AvgIpc) is 3.51. The Balaban J connectivity index is 1.28. The minimum absolute atomic E-state index is 0.177. The van der Waals surface area contributed by atoms with Crippen LogP contribution in [0.25, 0.3) is 11.3 Å². The zero-order chi connectivity index (χ0) is 23.7. The second kappa shape index (κ2) is 8.35. The fourth-order valence-corrected chi connectivity index (χ4v) is 3.36. The molecular weight excluding hydrogens is 447 g/mol. The molecule has 0 saturated carbocycles. The number of nitrogens with one attached hydrogen (secondary N) is 2. The lowest BCUT2D eigenvalue weighted by atomic mass is 10.2. The van der Waals surface area contributed by atoms with Crippen molar-refractivity contribution in [1.82, 2.24) is 24.1 Å². The highest BCUT2D eigenvalue weighted by Gasteiger charge is 2.34. The van der Waals surface area contributed by atoms with Crippen LogP contribution in [0.3, 0.4) is 0 Å². The molecule has 0 saturated heterocycles. The van der Waals surface area contributed by atoms with E-state index in [1.54, 1.807) is 77.9 Å². The van der Waals surface area contributed by atoms with Gasteiger partial charge in [-0.05, 0) is 60.7 Å². The van der Waals surface area contributed by atoms with Crippen molar-refractivity contribution in [2.24, 2.45) is 0 Å². The van der Waals surface area contributed by atoms with E-state index in [9.17, 15) is 18.0 Å². The summed E-state index contributed by atoms with van der Waals surface area (Å²) >= 11 is 0. The fourth-order valence-electron chi connectivity index (χ4n) is 3.36. The van der Waals surface area contributed by atoms with E-state index in [0.717, 1.165) is 11.9 Å². The third kappa shape index (κ3) is 4.31. The number of fused-ring (bicyclic) bond motifs is 1. The molecule has 34 heavy (non-hydrogen) atoms. The molecule has 3 heterocycles. The van der Waals surface area contributed by atoms with Gasteiger partial charge in [0.15, 0.2) is 5.69 Å². The molecule has 2 N–H and O–H groups in total. The summed E-state index contributed by atoms with van der Waals surface area (Å²) in [5, 5.41) is 13.4. The molecule has 0 aliphatic rings. The summed E-state index contributed by atoms with van der Waals surface area (Å²) < 4.78 is 42.1. The first-order chi connectivity index (χ1) is 16.4. The molecule has 2 aromatic carbocycles. The van der Waals surface area contributed by atoms with Crippen LogP contribution in [0.5, 0.6) is 0 Å². The maximum atomic E-state index is 13.0. The van der Waals surface area contributed by atoms with Crippen molar-refractivity contribution in [3.05, 3.63) is 96.8 Å². The number of halogens is 3.